The Hall–Kier alpha value is -2.85. The standard InChI is InChI=1S/C18H21F5N4O2/c1-4-17(19,20)10-24-15(28)5-6-27-11-26(2)16(25-27)12-7-13(18(21,22)23)9-14(8-12)29-3/h5-9H,4,10-11H2,1-3H3,(H,24,28)/b6-5-. The molecule has 2 rings (SSSR count). The molecule has 1 amide bonds. The number of amides is 1. The first-order chi connectivity index (χ1) is 13.4. The summed E-state index contributed by atoms with van der Waals surface area (Å²) in [6.07, 6.45) is -2.67. The van der Waals surface area contributed by atoms with Gasteiger partial charge >= 0.3 is 6.18 Å². The zero-order valence-electron chi connectivity index (χ0n) is 16.1. The van der Waals surface area contributed by atoms with E-state index in [0.29, 0.717) is 0 Å². The van der Waals surface area contributed by atoms with E-state index in [4.69, 9.17) is 4.74 Å². The first-order valence-electron chi connectivity index (χ1n) is 8.62. The summed E-state index contributed by atoms with van der Waals surface area (Å²) in [6, 6.07) is 3.25. The molecule has 0 aromatic heterocycles. The molecule has 160 valence electrons. The predicted octanol–water partition coefficient (Wildman–Crippen LogP) is 3.26. The number of amidine groups is 1. The van der Waals surface area contributed by atoms with Crippen molar-refractivity contribution in [1.29, 1.82) is 0 Å². The fourth-order valence-electron chi connectivity index (χ4n) is 2.44. The molecule has 1 aromatic carbocycles. The number of rotatable bonds is 7. The monoisotopic (exact) mass is 420 g/mol. The van der Waals surface area contributed by atoms with Gasteiger partial charge in [0.15, 0.2) is 5.84 Å². The van der Waals surface area contributed by atoms with Crippen LogP contribution in [0.4, 0.5) is 22.0 Å². The zero-order chi connectivity index (χ0) is 21.8. The number of methoxy groups -OCH3 is 1. The Bertz CT molecular complexity index is 808. The lowest BCUT2D eigenvalue weighted by Crippen LogP contribution is -2.35. The van der Waals surface area contributed by atoms with Crippen molar-refractivity contribution >= 4 is 11.7 Å². The lowest BCUT2D eigenvalue weighted by Gasteiger charge is -2.16. The van der Waals surface area contributed by atoms with E-state index >= 15 is 0 Å². The van der Waals surface area contributed by atoms with Gasteiger partial charge < -0.3 is 15.0 Å². The SMILES string of the molecule is CCC(F)(F)CNC(=O)/C=C\N1CN(C)C(c2cc(OC)cc(C(F)(F)F)c2)=N1. The maximum Gasteiger partial charge on any atom is 0.416 e. The molecule has 0 bridgehead atoms. The summed E-state index contributed by atoms with van der Waals surface area (Å²) in [5.41, 5.74) is -0.699. The van der Waals surface area contributed by atoms with Gasteiger partial charge in [-0.1, -0.05) is 6.92 Å². The first kappa shape index (κ1) is 22.4. The average Bonchev–Trinajstić information content (AvgIpc) is 3.04. The Balaban J connectivity index is 2.16. The van der Waals surface area contributed by atoms with Gasteiger partial charge in [0.2, 0.25) is 5.91 Å². The van der Waals surface area contributed by atoms with Crippen LogP contribution >= 0.6 is 0 Å². The Morgan fingerprint density at radius 3 is 2.55 bits per heavy atom. The van der Waals surface area contributed by atoms with Gasteiger partial charge in [0.1, 0.15) is 12.4 Å². The molecule has 0 unspecified atom stereocenters. The molecule has 0 saturated carbocycles. The Morgan fingerprint density at radius 1 is 1.28 bits per heavy atom. The number of halogens is 5. The first-order valence-corrected chi connectivity index (χ1v) is 8.62. The summed E-state index contributed by atoms with van der Waals surface area (Å²) in [4.78, 5) is 13.2. The zero-order valence-corrected chi connectivity index (χ0v) is 16.1. The van der Waals surface area contributed by atoms with Crippen molar-refractivity contribution in [2.45, 2.75) is 25.4 Å². The van der Waals surface area contributed by atoms with Gasteiger partial charge in [0.05, 0.1) is 19.2 Å². The van der Waals surface area contributed by atoms with E-state index in [1.165, 1.54) is 31.3 Å². The number of hydrogen-bond acceptors (Lipinski definition) is 5. The topological polar surface area (TPSA) is 57.2 Å². The van der Waals surface area contributed by atoms with Crippen LogP contribution in [0.5, 0.6) is 5.75 Å². The van der Waals surface area contributed by atoms with Crippen LogP contribution in [-0.2, 0) is 11.0 Å². The third-order valence-corrected chi connectivity index (χ3v) is 4.11. The van der Waals surface area contributed by atoms with Crippen LogP contribution in [0.3, 0.4) is 0 Å². The second kappa shape index (κ2) is 8.66. The molecule has 0 radical (unpaired) electrons. The van der Waals surface area contributed by atoms with Crippen molar-refractivity contribution < 1.29 is 31.5 Å². The number of nitrogens with one attached hydrogen (secondary N) is 1. The van der Waals surface area contributed by atoms with Crippen molar-refractivity contribution in [1.82, 2.24) is 15.2 Å². The minimum absolute atomic E-state index is 0.0242. The van der Waals surface area contributed by atoms with Gasteiger partial charge in [0, 0.05) is 31.3 Å². The van der Waals surface area contributed by atoms with Crippen molar-refractivity contribution in [3.8, 4) is 5.75 Å². The minimum atomic E-state index is -4.56. The van der Waals surface area contributed by atoms with E-state index in [0.717, 1.165) is 18.2 Å². The van der Waals surface area contributed by atoms with Crippen LogP contribution in [0.25, 0.3) is 0 Å². The molecular formula is C18H21F5N4O2. The van der Waals surface area contributed by atoms with Crippen LogP contribution in [0.2, 0.25) is 0 Å². The van der Waals surface area contributed by atoms with Crippen molar-refractivity contribution in [3.05, 3.63) is 41.6 Å². The van der Waals surface area contributed by atoms with Crippen molar-refractivity contribution in [2.24, 2.45) is 5.10 Å². The number of hydrogen-bond donors (Lipinski definition) is 1. The normalized spacial score (nSPS) is 15.1. The summed E-state index contributed by atoms with van der Waals surface area (Å²) in [6.45, 7) is 0.676. The lowest BCUT2D eigenvalue weighted by atomic mass is 10.1. The highest BCUT2D eigenvalue weighted by Crippen LogP contribution is 2.33. The Morgan fingerprint density at radius 2 is 1.97 bits per heavy atom. The van der Waals surface area contributed by atoms with Crippen LogP contribution in [0.15, 0.2) is 35.6 Å². The maximum absolute atomic E-state index is 13.2. The van der Waals surface area contributed by atoms with Gasteiger partial charge in [0.25, 0.3) is 5.92 Å². The number of carbonyl (C=O) groups excluding carboxylic acids is 1. The fraction of sp³-hybridized carbons (Fsp3) is 0.444. The summed E-state index contributed by atoms with van der Waals surface area (Å²) >= 11 is 0. The highest BCUT2D eigenvalue weighted by atomic mass is 19.4. The van der Waals surface area contributed by atoms with Crippen LogP contribution in [0.1, 0.15) is 24.5 Å². The smallest absolute Gasteiger partial charge is 0.416 e. The minimum Gasteiger partial charge on any atom is -0.497 e. The quantitative estimate of drug-likeness (QED) is 0.544. The molecule has 1 N–H and O–H groups in total. The van der Waals surface area contributed by atoms with E-state index in [-0.39, 0.29) is 23.8 Å². The largest absolute Gasteiger partial charge is 0.497 e. The molecule has 0 aliphatic carbocycles. The number of carbonyl (C=O) groups is 1. The van der Waals surface area contributed by atoms with Crippen LogP contribution < -0.4 is 10.1 Å². The summed E-state index contributed by atoms with van der Waals surface area (Å²) < 4.78 is 70.6. The predicted molar refractivity (Wildman–Crippen MR) is 96.4 cm³/mol. The summed E-state index contributed by atoms with van der Waals surface area (Å²) in [7, 11) is 2.87. The molecule has 0 spiro atoms. The number of ether oxygens (including phenoxy) is 1. The van der Waals surface area contributed by atoms with E-state index in [9.17, 15) is 26.7 Å². The van der Waals surface area contributed by atoms with Gasteiger partial charge in [-0.25, -0.2) is 8.78 Å². The van der Waals surface area contributed by atoms with Crippen molar-refractivity contribution in [2.75, 3.05) is 27.4 Å². The molecular weight excluding hydrogens is 399 g/mol. The maximum atomic E-state index is 13.2. The molecule has 11 heteroatoms. The lowest BCUT2D eigenvalue weighted by molar-refractivity contribution is -0.137. The van der Waals surface area contributed by atoms with Gasteiger partial charge in [-0.05, 0) is 18.2 Å². The summed E-state index contributed by atoms with van der Waals surface area (Å²) in [5.74, 6) is -3.47. The third-order valence-electron chi connectivity index (χ3n) is 4.11. The number of alkyl halides is 5. The highest BCUT2D eigenvalue weighted by molar-refractivity contribution is 6.00. The van der Waals surface area contributed by atoms with Crippen molar-refractivity contribution in [3.63, 3.8) is 0 Å². The molecule has 0 fully saturated rings. The Labute approximate surface area is 164 Å². The molecule has 1 aliphatic heterocycles. The Kier molecular flexibility index (Phi) is 6.70. The van der Waals surface area contributed by atoms with E-state index < -0.39 is 36.5 Å². The molecule has 1 heterocycles. The van der Waals surface area contributed by atoms with Crippen LogP contribution in [-0.4, -0.2) is 54.9 Å². The van der Waals surface area contributed by atoms with Gasteiger partial charge in [-0.3, -0.25) is 9.80 Å². The fourth-order valence-corrected chi connectivity index (χ4v) is 2.44. The average molecular weight is 420 g/mol. The van der Waals surface area contributed by atoms with Gasteiger partial charge in [-0.2, -0.15) is 18.3 Å². The molecule has 1 aromatic rings. The molecule has 6 nitrogen and oxygen atoms in total. The second-order valence-electron chi connectivity index (χ2n) is 6.39. The van der Waals surface area contributed by atoms with E-state index in [1.807, 2.05) is 0 Å². The van der Waals surface area contributed by atoms with Gasteiger partial charge in [-0.15, -0.1) is 0 Å². The molecule has 1 aliphatic rings. The number of nitrogens with zero attached hydrogens (tertiary/aromatic N) is 3. The summed E-state index contributed by atoms with van der Waals surface area (Å²) in [5, 5.41) is 7.56. The van der Waals surface area contributed by atoms with E-state index in [1.54, 1.807) is 11.9 Å². The number of benzene rings is 1. The second-order valence-corrected chi connectivity index (χ2v) is 6.39. The third kappa shape index (κ3) is 6.06. The van der Waals surface area contributed by atoms with E-state index in [2.05, 4.69) is 10.4 Å². The highest BCUT2D eigenvalue weighted by Gasteiger charge is 2.33. The van der Waals surface area contributed by atoms with Crippen LogP contribution in [0, 0.1) is 0 Å². The molecule has 0 saturated heterocycles. The molecule has 29 heavy (non-hydrogen) atoms. The molecule has 0 atom stereocenters. The number of hydrazone groups is 1.